The molecule has 3 rings (SSSR count). The van der Waals surface area contributed by atoms with Gasteiger partial charge in [-0.15, -0.1) is 0 Å². The standard InChI is InChI=1S/C18H18F4O2/c1-24-16(23)14-3-2-12(13-9-18(21,22)10-13)8-15(14)11-4-6-17(19,20)7-5-11/h2-4,8,13H,5-7,9-10H2,1H3. The van der Waals surface area contributed by atoms with E-state index in [1.165, 1.54) is 13.2 Å². The topological polar surface area (TPSA) is 26.3 Å². The highest BCUT2D eigenvalue weighted by Crippen LogP contribution is 2.49. The van der Waals surface area contributed by atoms with E-state index >= 15 is 0 Å². The summed E-state index contributed by atoms with van der Waals surface area (Å²) in [5.74, 6) is -6.20. The van der Waals surface area contributed by atoms with Gasteiger partial charge in [0.1, 0.15) is 0 Å². The third kappa shape index (κ3) is 3.32. The molecule has 1 fully saturated rings. The number of ether oxygens (including phenoxy) is 1. The minimum absolute atomic E-state index is 0.140. The van der Waals surface area contributed by atoms with Crippen LogP contribution in [-0.2, 0) is 4.74 Å². The summed E-state index contributed by atoms with van der Waals surface area (Å²) in [5.41, 5.74) is 2.16. The largest absolute Gasteiger partial charge is 0.465 e. The molecule has 2 aliphatic carbocycles. The summed E-state index contributed by atoms with van der Waals surface area (Å²) in [5, 5.41) is 0. The van der Waals surface area contributed by atoms with Gasteiger partial charge in [-0.1, -0.05) is 18.2 Å². The zero-order valence-corrected chi connectivity index (χ0v) is 13.3. The Balaban J connectivity index is 1.95. The van der Waals surface area contributed by atoms with Gasteiger partial charge >= 0.3 is 5.97 Å². The first-order valence-electron chi connectivity index (χ1n) is 7.88. The smallest absolute Gasteiger partial charge is 0.338 e. The Morgan fingerprint density at radius 1 is 1.17 bits per heavy atom. The second-order valence-electron chi connectivity index (χ2n) is 6.55. The average molecular weight is 342 g/mol. The second-order valence-corrected chi connectivity index (χ2v) is 6.55. The van der Waals surface area contributed by atoms with Crippen LogP contribution in [0.2, 0.25) is 0 Å². The van der Waals surface area contributed by atoms with Crippen LogP contribution in [0.1, 0.15) is 59.5 Å². The van der Waals surface area contributed by atoms with E-state index in [1.54, 1.807) is 18.2 Å². The van der Waals surface area contributed by atoms with Gasteiger partial charge in [0, 0.05) is 25.7 Å². The van der Waals surface area contributed by atoms with E-state index < -0.39 is 17.8 Å². The van der Waals surface area contributed by atoms with Crippen molar-refractivity contribution in [1.82, 2.24) is 0 Å². The molecule has 0 aromatic heterocycles. The molecule has 0 unspecified atom stereocenters. The molecule has 0 aliphatic heterocycles. The van der Waals surface area contributed by atoms with Gasteiger partial charge in [-0.05, 0) is 35.1 Å². The molecular weight excluding hydrogens is 324 g/mol. The Morgan fingerprint density at radius 2 is 1.88 bits per heavy atom. The SMILES string of the molecule is COC(=O)c1ccc(C2CC(F)(F)C2)cc1C1=CCC(F)(F)CC1. The number of esters is 1. The molecule has 1 saturated carbocycles. The lowest BCUT2D eigenvalue weighted by atomic mass is 9.75. The van der Waals surface area contributed by atoms with Crippen molar-refractivity contribution in [2.45, 2.75) is 49.9 Å². The van der Waals surface area contributed by atoms with Crippen LogP contribution >= 0.6 is 0 Å². The second kappa shape index (κ2) is 5.90. The highest BCUT2D eigenvalue weighted by atomic mass is 19.3. The predicted molar refractivity (Wildman–Crippen MR) is 81.5 cm³/mol. The van der Waals surface area contributed by atoms with Gasteiger partial charge in [0.25, 0.3) is 5.92 Å². The van der Waals surface area contributed by atoms with Crippen molar-refractivity contribution >= 4 is 11.5 Å². The maximum atomic E-state index is 13.4. The predicted octanol–water partition coefficient (Wildman–Crippen LogP) is 5.19. The fourth-order valence-electron chi connectivity index (χ4n) is 3.31. The van der Waals surface area contributed by atoms with E-state index in [2.05, 4.69) is 0 Å². The molecule has 0 bridgehead atoms. The number of rotatable bonds is 3. The lowest BCUT2D eigenvalue weighted by molar-refractivity contribution is -0.0867. The third-order valence-electron chi connectivity index (χ3n) is 4.76. The molecule has 1 aromatic rings. The molecule has 6 heteroatoms. The number of hydrogen-bond acceptors (Lipinski definition) is 2. The summed E-state index contributed by atoms with van der Waals surface area (Å²) in [6.45, 7) is 0. The summed E-state index contributed by atoms with van der Waals surface area (Å²) >= 11 is 0. The van der Waals surface area contributed by atoms with Crippen LogP contribution in [-0.4, -0.2) is 24.9 Å². The van der Waals surface area contributed by atoms with Gasteiger partial charge in [0.05, 0.1) is 12.7 Å². The van der Waals surface area contributed by atoms with E-state index in [4.69, 9.17) is 4.74 Å². The Kier molecular flexibility index (Phi) is 4.18. The van der Waals surface area contributed by atoms with Crippen molar-refractivity contribution in [2.24, 2.45) is 0 Å². The Hall–Kier alpha value is -1.85. The first-order chi connectivity index (χ1) is 11.2. The summed E-state index contributed by atoms with van der Waals surface area (Å²) in [6.07, 6.45) is 0.466. The van der Waals surface area contributed by atoms with Gasteiger partial charge < -0.3 is 4.74 Å². The van der Waals surface area contributed by atoms with Crippen LogP contribution in [0.5, 0.6) is 0 Å². The molecule has 0 amide bonds. The molecule has 0 N–H and O–H groups in total. The van der Waals surface area contributed by atoms with E-state index in [0.717, 1.165) is 0 Å². The molecule has 24 heavy (non-hydrogen) atoms. The highest BCUT2D eigenvalue weighted by Gasteiger charge is 2.46. The zero-order valence-electron chi connectivity index (χ0n) is 13.3. The van der Waals surface area contributed by atoms with Gasteiger partial charge in [-0.2, -0.15) is 0 Å². The van der Waals surface area contributed by atoms with Crippen molar-refractivity contribution in [3.05, 3.63) is 41.0 Å². The first kappa shape index (κ1) is 17.0. The van der Waals surface area contributed by atoms with Crippen molar-refractivity contribution in [1.29, 1.82) is 0 Å². The number of hydrogen-bond donors (Lipinski definition) is 0. The van der Waals surface area contributed by atoms with Crippen molar-refractivity contribution < 1.29 is 27.1 Å². The van der Waals surface area contributed by atoms with Gasteiger partial charge in [-0.25, -0.2) is 22.4 Å². The lowest BCUT2D eigenvalue weighted by Gasteiger charge is -2.35. The Morgan fingerprint density at radius 3 is 2.42 bits per heavy atom. The summed E-state index contributed by atoms with van der Waals surface area (Å²) in [6, 6.07) is 4.87. The fraction of sp³-hybridized carbons (Fsp3) is 0.500. The Labute approximate surface area is 137 Å². The van der Waals surface area contributed by atoms with Gasteiger partial charge in [0.2, 0.25) is 5.92 Å². The molecule has 1 aromatic carbocycles. The van der Waals surface area contributed by atoms with E-state index in [1.807, 2.05) is 0 Å². The van der Waals surface area contributed by atoms with Crippen molar-refractivity contribution in [2.75, 3.05) is 7.11 Å². The average Bonchev–Trinajstić information content (AvgIpc) is 2.51. The van der Waals surface area contributed by atoms with Crippen LogP contribution in [0, 0.1) is 0 Å². The maximum Gasteiger partial charge on any atom is 0.338 e. The van der Waals surface area contributed by atoms with E-state index in [0.29, 0.717) is 16.7 Å². The molecule has 0 spiro atoms. The monoisotopic (exact) mass is 342 g/mol. The van der Waals surface area contributed by atoms with Crippen molar-refractivity contribution in [3.63, 3.8) is 0 Å². The normalized spacial score (nSPS) is 22.5. The van der Waals surface area contributed by atoms with Crippen LogP contribution in [0.25, 0.3) is 5.57 Å². The third-order valence-corrected chi connectivity index (χ3v) is 4.76. The molecule has 0 atom stereocenters. The molecule has 0 saturated heterocycles. The number of benzene rings is 1. The van der Waals surface area contributed by atoms with E-state index in [-0.39, 0.29) is 43.6 Å². The summed E-state index contributed by atoms with van der Waals surface area (Å²) in [7, 11) is 1.25. The molecular formula is C18H18F4O2. The number of methoxy groups -OCH3 is 1. The van der Waals surface area contributed by atoms with Crippen LogP contribution < -0.4 is 0 Å². The zero-order chi connectivity index (χ0) is 17.5. The maximum absolute atomic E-state index is 13.4. The Bertz CT molecular complexity index is 686. The number of carbonyl (C=O) groups is 1. The molecule has 0 radical (unpaired) electrons. The number of halogens is 4. The molecule has 0 heterocycles. The number of alkyl halides is 4. The quantitative estimate of drug-likeness (QED) is 0.558. The van der Waals surface area contributed by atoms with Crippen LogP contribution in [0.15, 0.2) is 24.3 Å². The summed E-state index contributed by atoms with van der Waals surface area (Å²) < 4.78 is 57.7. The highest BCUT2D eigenvalue weighted by molar-refractivity contribution is 5.95. The number of carbonyl (C=O) groups excluding carboxylic acids is 1. The van der Waals surface area contributed by atoms with Crippen molar-refractivity contribution in [3.8, 4) is 0 Å². The molecule has 2 aliphatic rings. The minimum Gasteiger partial charge on any atom is -0.465 e. The fourth-order valence-corrected chi connectivity index (χ4v) is 3.31. The van der Waals surface area contributed by atoms with E-state index in [9.17, 15) is 22.4 Å². The lowest BCUT2D eigenvalue weighted by Crippen LogP contribution is -2.33. The number of allylic oxidation sites excluding steroid dienone is 2. The van der Waals surface area contributed by atoms with Gasteiger partial charge in [0.15, 0.2) is 0 Å². The minimum atomic E-state index is -2.73. The van der Waals surface area contributed by atoms with Gasteiger partial charge in [-0.3, -0.25) is 0 Å². The van der Waals surface area contributed by atoms with Crippen LogP contribution in [0.3, 0.4) is 0 Å². The molecule has 2 nitrogen and oxygen atoms in total. The first-order valence-corrected chi connectivity index (χ1v) is 7.88. The molecule has 130 valence electrons. The van der Waals surface area contributed by atoms with Crippen LogP contribution in [0.4, 0.5) is 17.6 Å². The summed E-state index contributed by atoms with van der Waals surface area (Å²) in [4.78, 5) is 12.0.